The monoisotopic (exact) mass is 844 g/mol. The van der Waals surface area contributed by atoms with E-state index in [4.69, 9.17) is 37.9 Å². The summed E-state index contributed by atoms with van der Waals surface area (Å²) in [4.78, 5) is 1.27. The first-order chi connectivity index (χ1) is 27.3. The Hall–Kier alpha value is -3.48. The van der Waals surface area contributed by atoms with E-state index in [1.54, 1.807) is 62.8 Å². The van der Waals surface area contributed by atoms with Crippen molar-refractivity contribution in [2.24, 2.45) is 0 Å². The lowest BCUT2D eigenvalue weighted by molar-refractivity contribution is -0.254. The number of benzene rings is 2. The third-order valence-electron chi connectivity index (χ3n) is 8.92. The summed E-state index contributed by atoms with van der Waals surface area (Å²) in [6.07, 6.45) is 0. The van der Waals surface area contributed by atoms with Gasteiger partial charge in [-0.3, -0.25) is 0 Å². The molecule has 2 aromatic heterocycles. The second-order valence-corrected chi connectivity index (χ2v) is 15.3. The number of hydrogen-bond acceptors (Lipinski definition) is 10. The largest absolute Gasteiger partial charge is 0.491 e. The molecule has 2 aromatic carbocycles. The Bertz CT molecular complexity index is 1760. The van der Waals surface area contributed by atoms with Crippen LogP contribution < -0.4 is 9.47 Å². The highest BCUT2D eigenvalue weighted by molar-refractivity contribution is 7.16. The third-order valence-corrected chi connectivity index (χ3v) is 11.1. The quantitative estimate of drug-likeness (QED) is 0.0511. The number of halogens is 6. The molecule has 5 rings (SSSR count). The Morgan fingerprint density at radius 2 is 0.772 bits per heavy atom. The molecule has 4 aromatic rings. The van der Waals surface area contributed by atoms with Gasteiger partial charge in [0.25, 0.3) is 0 Å². The molecule has 0 N–H and O–H groups in total. The summed E-state index contributed by atoms with van der Waals surface area (Å²) >= 11 is 2.10. The smallest absolute Gasteiger partial charge is 0.380 e. The number of alkyl halides is 6. The molecule has 0 saturated carbocycles. The number of allylic oxidation sites excluding steroid dienone is 2. The molecule has 0 saturated heterocycles. The fraction of sp³-hybridized carbons (Fsp3) is 0.463. The lowest BCUT2D eigenvalue weighted by Gasteiger charge is -2.25. The summed E-state index contributed by atoms with van der Waals surface area (Å²) in [6.45, 7) is 7.66. The molecule has 0 spiro atoms. The van der Waals surface area contributed by atoms with Crippen LogP contribution in [0.1, 0.15) is 20.9 Å². The molecule has 1 aliphatic rings. The number of methoxy groups -OCH3 is 2. The van der Waals surface area contributed by atoms with Crippen molar-refractivity contribution >= 4 is 33.8 Å². The van der Waals surface area contributed by atoms with E-state index >= 15 is 26.3 Å². The summed E-state index contributed by atoms with van der Waals surface area (Å²) < 4.78 is 137. The summed E-state index contributed by atoms with van der Waals surface area (Å²) in [5, 5.41) is 0. The van der Waals surface area contributed by atoms with Crippen molar-refractivity contribution in [2.75, 3.05) is 93.5 Å². The van der Waals surface area contributed by atoms with Crippen LogP contribution in [0.25, 0.3) is 32.0 Å². The van der Waals surface area contributed by atoms with E-state index in [2.05, 4.69) is 0 Å². The van der Waals surface area contributed by atoms with Gasteiger partial charge in [-0.1, -0.05) is 0 Å². The molecule has 0 bridgehead atoms. The number of aryl methyl sites for hydroxylation is 2. The fourth-order valence-electron chi connectivity index (χ4n) is 5.97. The Morgan fingerprint density at radius 3 is 1.11 bits per heavy atom. The molecule has 0 fully saturated rings. The first kappa shape index (κ1) is 44.6. The van der Waals surface area contributed by atoms with Gasteiger partial charge >= 0.3 is 17.8 Å². The Morgan fingerprint density at radius 1 is 0.456 bits per heavy atom. The van der Waals surface area contributed by atoms with E-state index in [-0.39, 0.29) is 34.1 Å². The van der Waals surface area contributed by atoms with Crippen LogP contribution in [0.15, 0.2) is 60.7 Å². The van der Waals surface area contributed by atoms with Crippen LogP contribution in [0.2, 0.25) is 0 Å². The van der Waals surface area contributed by atoms with Gasteiger partial charge in [-0.15, -0.1) is 22.7 Å². The van der Waals surface area contributed by atoms with E-state index in [1.165, 1.54) is 26.0 Å². The average Bonchev–Trinajstić information content (AvgIpc) is 3.79. The minimum absolute atomic E-state index is 0.193. The van der Waals surface area contributed by atoms with Crippen molar-refractivity contribution in [3.63, 3.8) is 0 Å². The highest BCUT2D eigenvalue weighted by Gasteiger charge is 2.80. The summed E-state index contributed by atoms with van der Waals surface area (Å²) in [6, 6.07) is 16.0. The van der Waals surface area contributed by atoms with Gasteiger partial charge in [0.15, 0.2) is 0 Å². The van der Waals surface area contributed by atoms with Gasteiger partial charge in [0.05, 0.1) is 66.1 Å². The zero-order valence-electron chi connectivity index (χ0n) is 32.1. The van der Waals surface area contributed by atoms with Gasteiger partial charge in [0.2, 0.25) is 0 Å². The minimum atomic E-state index is -5.67. The number of rotatable bonds is 24. The van der Waals surface area contributed by atoms with Crippen molar-refractivity contribution in [3.05, 3.63) is 81.5 Å². The van der Waals surface area contributed by atoms with E-state index in [9.17, 15) is 0 Å². The molecule has 2 heterocycles. The Kier molecular flexibility index (Phi) is 16.0. The molecule has 312 valence electrons. The highest BCUT2D eigenvalue weighted by Crippen LogP contribution is 2.66. The maximum atomic E-state index is 15.8. The van der Waals surface area contributed by atoms with Gasteiger partial charge in [0, 0.05) is 44.9 Å². The number of thiophene rings is 2. The van der Waals surface area contributed by atoms with Crippen molar-refractivity contribution in [3.8, 4) is 32.4 Å². The summed E-state index contributed by atoms with van der Waals surface area (Å²) in [5.74, 6) is -15.0. The predicted octanol–water partition coefficient (Wildman–Crippen LogP) is 9.71. The zero-order valence-corrected chi connectivity index (χ0v) is 33.7. The summed E-state index contributed by atoms with van der Waals surface area (Å²) in [7, 11) is 3.18. The predicted molar refractivity (Wildman–Crippen MR) is 209 cm³/mol. The normalized spacial score (nSPS) is 15.8. The van der Waals surface area contributed by atoms with Crippen LogP contribution >= 0.6 is 22.7 Å². The van der Waals surface area contributed by atoms with E-state index in [1.807, 2.05) is 0 Å². The van der Waals surface area contributed by atoms with Gasteiger partial charge in [-0.25, -0.2) is 0 Å². The molecule has 8 nitrogen and oxygen atoms in total. The molecule has 0 radical (unpaired) electrons. The maximum Gasteiger partial charge on any atom is 0.380 e. The first-order valence-electron chi connectivity index (χ1n) is 18.2. The van der Waals surface area contributed by atoms with Crippen LogP contribution in [-0.2, 0) is 28.4 Å². The van der Waals surface area contributed by atoms with E-state index in [0.717, 1.165) is 22.7 Å². The Balaban J connectivity index is 1.30. The molecule has 57 heavy (non-hydrogen) atoms. The lowest BCUT2D eigenvalue weighted by Crippen LogP contribution is -2.48. The SMILES string of the molecule is COCCOCCOCCOc1ccc(-c2cc(C3=C(c4cc(-c5ccc(OCCOCCOCCOC)cc5)sc4C)C(F)(F)C(F)(F)C3(F)F)c(C)s2)cc1. The van der Waals surface area contributed by atoms with Gasteiger partial charge in [0.1, 0.15) is 24.7 Å². The average molecular weight is 845 g/mol. The molecular weight excluding hydrogens is 799 g/mol. The van der Waals surface area contributed by atoms with Crippen LogP contribution in [0.5, 0.6) is 11.5 Å². The van der Waals surface area contributed by atoms with Crippen molar-refractivity contribution in [1.82, 2.24) is 0 Å². The number of ether oxygens (including phenoxy) is 8. The van der Waals surface area contributed by atoms with E-state index < -0.39 is 28.9 Å². The molecule has 0 aliphatic heterocycles. The Labute approximate surface area is 336 Å². The maximum absolute atomic E-state index is 15.8. The fourth-order valence-corrected chi connectivity index (χ4v) is 8.04. The molecule has 0 atom stereocenters. The highest BCUT2D eigenvalue weighted by atomic mass is 32.1. The first-order valence-corrected chi connectivity index (χ1v) is 19.8. The van der Waals surface area contributed by atoms with Crippen LogP contribution in [0.3, 0.4) is 0 Å². The minimum Gasteiger partial charge on any atom is -0.491 e. The van der Waals surface area contributed by atoms with Gasteiger partial charge < -0.3 is 37.9 Å². The third kappa shape index (κ3) is 10.6. The van der Waals surface area contributed by atoms with Crippen LogP contribution in [0, 0.1) is 13.8 Å². The second-order valence-electron chi connectivity index (χ2n) is 12.8. The lowest BCUT2D eigenvalue weighted by atomic mass is 9.94. The van der Waals surface area contributed by atoms with Crippen molar-refractivity contribution < 1.29 is 64.2 Å². The molecule has 16 heteroatoms. The summed E-state index contributed by atoms with van der Waals surface area (Å²) in [5.41, 5.74) is -2.31. The van der Waals surface area contributed by atoms with Gasteiger partial charge in [-0.05, 0) is 96.8 Å². The molecule has 0 amide bonds. The second kappa shape index (κ2) is 20.5. The molecule has 0 unspecified atom stereocenters. The van der Waals surface area contributed by atoms with E-state index in [0.29, 0.717) is 98.4 Å². The standard InChI is InChI=1S/C41H46F6O8S2/c1-27-33(25-35(56-27)29-5-9-31(10-6-29)54-23-21-52-19-17-50-15-13-48-3)37-38(40(44,45)41(46,47)39(37,42)43)34-26-36(57-28(34)2)30-7-11-32(12-8-30)55-24-22-53-20-18-51-16-14-49-4/h5-12,25-26H,13-24H2,1-4H3. The van der Waals surface area contributed by atoms with Crippen molar-refractivity contribution in [2.45, 2.75) is 31.6 Å². The van der Waals surface area contributed by atoms with Crippen LogP contribution in [0.4, 0.5) is 26.3 Å². The van der Waals surface area contributed by atoms with Crippen molar-refractivity contribution in [1.29, 1.82) is 0 Å². The zero-order chi connectivity index (χ0) is 41.1. The van der Waals surface area contributed by atoms with Crippen LogP contribution in [-0.4, -0.2) is 111 Å². The number of hydrogen-bond donors (Lipinski definition) is 0. The molecule has 1 aliphatic carbocycles. The van der Waals surface area contributed by atoms with Gasteiger partial charge in [-0.2, -0.15) is 26.3 Å². The molecular formula is C41H46F6O8S2. The topological polar surface area (TPSA) is 73.8 Å².